The van der Waals surface area contributed by atoms with E-state index in [1.165, 1.54) is 12.0 Å². The average Bonchev–Trinajstić information content (AvgIpc) is 2.81. The third-order valence-corrected chi connectivity index (χ3v) is 3.53. The number of halogens is 1. The summed E-state index contributed by atoms with van der Waals surface area (Å²) in [5, 5.41) is 4.08. The van der Waals surface area contributed by atoms with Crippen molar-refractivity contribution in [1.29, 1.82) is 0 Å². The van der Waals surface area contributed by atoms with E-state index in [0.717, 1.165) is 24.3 Å². The molecule has 0 spiro atoms. The van der Waals surface area contributed by atoms with Crippen LogP contribution in [0.5, 0.6) is 11.5 Å². The van der Waals surface area contributed by atoms with E-state index in [1.807, 2.05) is 6.07 Å². The standard InChI is InChI=1S/C13H18ClNO2/c1-8-7-9(14)12(16-2)13(17-3)11(8)10-5-4-6-15-10/h7,10,15H,4-6H2,1-3H3. The Labute approximate surface area is 107 Å². The molecule has 3 nitrogen and oxygen atoms in total. The topological polar surface area (TPSA) is 30.5 Å². The lowest BCUT2D eigenvalue weighted by Crippen LogP contribution is -2.15. The highest BCUT2D eigenvalue weighted by Gasteiger charge is 2.25. The molecule has 0 saturated carbocycles. The van der Waals surface area contributed by atoms with Crippen LogP contribution in [0.4, 0.5) is 0 Å². The zero-order chi connectivity index (χ0) is 12.4. The highest BCUT2D eigenvalue weighted by Crippen LogP contribution is 2.44. The maximum absolute atomic E-state index is 6.17. The van der Waals surface area contributed by atoms with Gasteiger partial charge in [-0.2, -0.15) is 0 Å². The maximum Gasteiger partial charge on any atom is 0.179 e. The van der Waals surface area contributed by atoms with Crippen molar-refractivity contribution >= 4 is 11.6 Å². The first-order valence-electron chi connectivity index (χ1n) is 5.83. The Balaban J connectivity index is 2.55. The van der Waals surface area contributed by atoms with Crippen molar-refractivity contribution < 1.29 is 9.47 Å². The Morgan fingerprint density at radius 1 is 1.29 bits per heavy atom. The van der Waals surface area contributed by atoms with E-state index < -0.39 is 0 Å². The summed E-state index contributed by atoms with van der Waals surface area (Å²) in [6.07, 6.45) is 2.32. The number of nitrogens with one attached hydrogen (secondary N) is 1. The van der Waals surface area contributed by atoms with Gasteiger partial charge in [-0.1, -0.05) is 11.6 Å². The maximum atomic E-state index is 6.17. The molecule has 0 radical (unpaired) electrons. The van der Waals surface area contributed by atoms with Crippen LogP contribution in [0, 0.1) is 6.92 Å². The summed E-state index contributed by atoms with van der Waals surface area (Å²) in [4.78, 5) is 0. The first kappa shape index (κ1) is 12.5. The molecule has 2 rings (SSSR count). The van der Waals surface area contributed by atoms with Gasteiger partial charge in [0.1, 0.15) is 0 Å². The fourth-order valence-corrected chi connectivity index (χ4v) is 2.83. The number of rotatable bonds is 3. The average molecular weight is 256 g/mol. The van der Waals surface area contributed by atoms with Crippen molar-refractivity contribution in [1.82, 2.24) is 5.32 Å². The van der Waals surface area contributed by atoms with Crippen molar-refractivity contribution in [3.63, 3.8) is 0 Å². The number of aryl methyl sites for hydroxylation is 1. The highest BCUT2D eigenvalue weighted by molar-refractivity contribution is 6.32. The van der Waals surface area contributed by atoms with Gasteiger partial charge >= 0.3 is 0 Å². The smallest absolute Gasteiger partial charge is 0.179 e. The molecule has 0 amide bonds. The molecule has 1 atom stereocenters. The van der Waals surface area contributed by atoms with Crippen molar-refractivity contribution in [2.75, 3.05) is 20.8 Å². The quantitative estimate of drug-likeness (QED) is 0.900. The van der Waals surface area contributed by atoms with E-state index in [9.17, 15) is 0 Å². The molecule has 94 valence electrons. The first-order chi connectivity index (χ1) is 8.19. The zero-order valence-electron chi connectivity index (χ0n) is 10.5. The van der Waals surface area contributed by atoms with E-state index >= 15 is 0 Å². The predicted octanol–water partition coefficient (Wildman–Crippen LogP) is 3.09. The lowest BCUT2D eigenvalue weighted by Gasteiger charge is -2.21. The second-order valence-corrected chi connectivity index (χ2v) is 4.71. The van der Waals surface area contributed by atoms with Gasteiger partial charge < -0.3 is 14.8 Å². The Bertz CT molecular complexity index is 414. The Morgan fingerprint density at radius 3 is 2.53 bits per heavy atom. The molecule has 1 N–H and O–H groups in total. The molecule has 1 saturated heterocycles. The lowest BCUT2D eigenvalue weighted by atomic mass is 9.98. The van der Waals surface area contributed by atoms with Crippen LogP contribution >= 0.6 is 11.6 Å². The number of hydrogen-bond acceptors (Lipinski definition) is 3. The molecule has 1 aliphatic heterocycles. The molecule has 1 heterocycles. The summed E-state index contributed by atoms with van der Waals surface area (Å²) < 4.78 is 10.8. The van der Waals surface area contributed by atoms with E-state index in [1.54, 1.807) is 14.2 Å². The summed E-state index contributed by atoms with van der Waals surface area (Å²) in [6, 6.07) is 2.29. The van der Waals surface area contributed by atoms with Crippen LogP contribution in [0.1, 0.15) is 30.0 Å². The van der Waals surface area contributed by atoms with Crippen molar-refractivity contribution in [3.05, 3.63) is 22.2 Å². The zero-order valence-corrected chi connectivity index (χ0v) is 11.2. The van der Waals surface area contributed by atoms with Crippen molar-refractivity contribution in [3.8, 4) is 11.5 Å². The minimum atomic E-state index is 0.344. The number of benzene rings is 1. The lowest BCUT2D eigenvalue weighted by molar-refractivity contribution is 0.348. The van der Waals surface area contributed by atoms with Crippen molar-refractivity contribution in [2.24, 2.45) is 0 Å². The van der Waals surface area contributed by atoms with Crippen molar-refractivity contribution in [2.45, 2.75) is 25.8 Å². The molecule has 17 heavy (non-hydrogen) atoms. The normalized spacial score (nSPS) is 19.4. The van der Waals surface area contributed by atoms with Crippen LogP contribution in [-0.2, 0) is 0 Å². The van der Waals surface area contributed by atoms with Gasteiger partial charge in [-0.05, 0) is 37.9 Å². The summed E-state index contributed by atoms with van der Waals surface area (Å²) in [6.45, 7) is 3.11. The molecule has 1 unspecified atom stereocenters. The van der Waals surface area contributed by atoms with Gasteiger partial charge in [0.25, 0.3) is 0 Å². The summed E-state index contributed by atoms with van der Waals surface area (Å²) in [5.74, 6) is 1.39. The molecule has 0 aromatic heterocycles. The van der Waals surface area contributed by atoms with Gasteiger partial charge in [0.15, 0.2) is 11.5 Å². The second kappa shape index (κ2) is 5.15. The van der Waals surface area contributed by atoms with Gasteiger partial charge in [-0.25, -0.2) is 0 Å². The molecule has 1 aromatic rings. The molecule has 4 heteroatoms. The minimum Gasteiger partial charge on any atom is -0.492 e. The summed E-state index contributed by atoms with van der Waals surface area (Å²) in [7, 11) is 3.27. The molecule has 0 aliphatic carbocycles. The van der Waals surface area contributed by atoms with Crippen LogP contribution < -0.4 is 14.8 Å². The molecular formula is C13H18ClNO2. The number of methoxy groups -OCH3 is 2. The van der Waals surface area contributed by atoms with Gasteiger partial charge in [-0.3, -0.25) is 0 Å². The molecule has 0 bridgehead atoms. The van der Waals surface area contributed by atoms with E-state index in [2.05, 4.69) is 12.2 Å². The Morgan fingerprint density at radius 2 is 2.00 bits per heavy atom. The first-order valence-corrected chi connectivity index (χ1v) is 6.21. The molecule has 1 fully saturated rings. The Kier molecular flexibility index (Phi) is 3.79. The second-order valence-electron chi connectivity index (χ2n) is 4.30. The predicted molar refractivity (Wildman–Crippen MR) is 69.3 cm³/mol. The van der Waals surface area contributed by atoms with Gasteiger partial charge in [0, 0.05) is 11.6 Å². The highest BCUT2D eigenvalue weighted by atomic mass is 35.5. The van der Waals surface area contributed by atoms with Crippen LogP contribution in [-0.4, -0.2) is 20.8 Å². The van der Waals surface area contributed by atoms with Gasteiger partial charge in [0.05, 0.1) is 19.2 Å². The van der Waals surface area contributed by atoms with Gasteiger partial charge in [-0.15, -0.1) is 0 Å². The fourth-order valence-electron chi connectivity index (χ4n) is 2.50. The van der Waals surface area contributed by atoms with Crippen LogP contribution in [0.25, 0.3) is 0 Å². The fraction of sp³-hybridized carbons (Fsp3) is 0.538. The monoisotopic (exact) mass is 255 g/mol. The van der Waals surface area contributed by atoms with Crippen LogP contribution in [0.2, 0.25) is 5.02 Å². The van der Waals surface area contributed by atoms with Gasteiger partial charge in [0.2, 0.25) is 0 Å². The molecular weight excluding hydrogens is 238 g/mol. The van der Waals surface area contributed by atoms with E-state index in [0.29, 0.717) is 16.8 Å². The third-order valence-electron chi connectivity index (χ3n) is 3.25. The largest absolute Gasteiger partial charge is 0.492 e. The SMILES string of the molecule is COc1c(Cl)cc(C)c(C2CCCN2)c1OC. The van der Waals surface area contributed by atoms with E-state index in [-0.39, 0.29) is 0 Å². The third kappa shape index (κ3) is 2.22. The molecule has 1 aromatic carbocycles. The van der Waals surface area contributed by atoms with E-state index in [4.69, 9.17) is 21.1 Å². The minimum absolute atomic E-state index is 0.344. The van der Waals surface area contributed by atoms with Crippen LogP contribution in [0.15, 0.2) is 6.07 Å². The summed E-state index contributed by atoms with van der Waals surface area (Å²) >= 11 is 6.17. The summed E-state index contributed by atoms with van der Waals surface area (Å²) in [5.41, 5.74) is 2.32. The molecule has 1 aliphatic rings. The van der Waals surface area contributed by atoms with Crippen LogP contribution in [0.3, 0.4) is 0 Å². The Hall–Kier alpha value is -0.930. The number of ether oxygens (including phenoxy) is 2. The number of hydrogen-bond donors (Lipinski definition) is 1.